The highest BCUT2D eigenvalue weighted by Gasteiger charge is 2.13. The Labute approximate surface area is 119 Å². The lowest BCUT2D eigenvalue weighted by molar-refractivity contribution is -0.117. The van der Waals surface area contributed by atoms with Crippen molar-refractivity contribution in [2.45, 2.75) is 32.2 Å². The summed E-state index contributed by atoms with van der Waals surface area (Å²) in [6.07, 6.45) is 3.57. The molecule has 1 aromatic rings. The highest BCUT2D eigenvalue weighted by Crippen LogP contribution is 2.16. The molecule has 0 aliphatic rings. The maximum absolute atomic E-state index is 11.8. The summed E-state index contributed by atoms with van der Waals surface area (Å²) in [4.78, 5) is 11.8. The minimum absolute atomic E-state index is 0.269. The van der Waals surface area contributed by atoms with Crippen molar-refractivity contribution in [3.8, 4) is 0 Å². The van der Waals surface area contributed by atoms with Crippen LogP contribution in [0, 0.1) is 0 Å². The molecule has 0 bridgehead atoms. The molecule has 0 unspecified atom stereocenters. The summed E-state index contributed by atoms with van der Waals surface area (Å²) in [6.45, 7) is 2.03. The van der Waals surface area contributed by atoms with Gasteiger partial charge in [0.25, 0.3) is 0 Å². The van der Waals surface area contributed by atoms with Crippen LogP contribution < -0.4 is 15.8 Å². The van der Waals surface area contributed by atoms with Gasteiger partial charge in [-0.15, -0.1) is 0 Å². The molecule has 0 aliphatic heterocycles. The fourth-order valence-electron chi connectivity index (χ4n) is 1.66. The largest absolute Gasteiger partial charge is 0.325 e. The zero-order chi connectivity index (χ0) is 15.2. The highest BCUT2D eigenvalue weighted by molar-refractivity contribution is 7.92. The smallest absolute Gasteiger partial charge is 0.241 e. The van der Waals surface area contributed by atoms with Gasteiger partial charge in [0.1, 0.15) is 0 Å². The van der Waals surface area contributed by atoms with E-state index in [1.165, 1.54) is 0 Å². The minimum atomic E-state index is -3.34. The average molecular weight is 299 g/mol. The summed E-state index contributed by atoms with van der Waals surface area (Å²) < 4.78 is 24.6. The summed E-state index contributed by atoms with van der Waals surface area (Å²) >= 11 is 0. The molecule has 1 atom stereocenters. The number of rotatable bonds is 7. The standard InChI is InChI=1S/C13H21N3O3S/c1-3-4-8-12(14)13(17)15-10-6-5-7-11(9-10)16-20(2,18)19/h5-7,9,12,16H,3-4,8,14H2,1-2H3,(H,15,17)/t12-/m0/s1. The quantitative estimate of drug-likeness (QED) is 0.710. The molecule has 0 aliphatic carbocycles. The molecule has 1 rings (SSSR count). The second kappa shape index (κ2) is 7.25. The van der Waals surface area contributed by atoms with E-state index in [9.17, 15) is 13.2 Å². The number of nitrogens with two attached hydrogens (primary N) is 1. The van der Waals surface area contributed by atoms with Crippen LogP contribution in [0.3, 0.4) is 0 Å². The Morgan fingerprint density at radius 2 is 2.00 bits per heavy atom. The Morgan fingerprint density at radius 3 is 2.60 bits per heavy atom. The molecule has 0 saturated heterocycles. The molecule has 0 heterocycles. The predicted molar refractivity (Wildman–Crippen MR) is 81.0 cm³/mol. The molecule has 0 saturated carbocycles. The molecule has 7 heteroatoms. The Balaban J connectivity index is 2.68. The topological polar surface area (TPSA) is 101 Å². The van der Waals surface area contributed by atoms with Crippen LogP contribution in [-0.4, -0.2) is 26.6 Å². The molecule has 4 N–H and O–H groups in total. The van der Waals surface area contributed by atoms with Gasteiger partial charge in [-0.3, -0.25) is 9.52 Å². The molecule has 1 amide bonds. The van der Waals surface area contributed by atoms with Crippen LogP contribution in [0.5, 0.6) is 0 Å². The first-order valence-electron chi connectivity index (χ1n) is 6.46. The summed E-state index contributed by atoms with van der Waals surface area (Å²) in [5.74, 6) is -0.269. The Bertz CT molecular complexity index is 558. The first-order chi connectivity index (χ1) is 9.31. The van der Waals surface area contributed by atoms with Crippen molar-refractivity contribution in [2.75, 3.05) is 16.3 Å². The van der Waals surface area contributed by atoms with Gasteiger partial charge < -0.3 is 11.1 Å². The average Bonchev–Trinajstić information content (AvgIpc) is 2.34. The van der Waals surface area contributed by atoms with Crippen molar-refractivity contribution in [3.05, 3.63) is 24.3 Å². The zero-order valence-electron chi connectivity index (χ0n) is 11.7. The van der Waals surface area contributed by atoms with E-state index in [1.807, 2.05) is 6.92 Å². The van der Waals surface area contributed by atoms with Crippen LogP contribution in [0.25, 0.3) is 0 Å². The molecule has 0 aromatic heterocycles. The van der Waals surface area contributed by atoms with Crippen molar-refractivity contribution in [1.29, 1.82) is 0 Å². The molecule has 0 fully saturated rings. The third-order valence-electron chi connectivity index (χ3n) is 2.64. The number of benzene rings is 1. The molecular weight excluding hydrogens is 278 g/mol. The number of nitrogens with one attached hydrogen (secondary N) is 2. The Morgan fingerprint density at radius 1 is 1.35 bits per heavy atom. The van der Waals surface area contributed by atoms with Gasteiger partial charge in [-0.1, -0.05) is 25.8 Å². The van der Waals surface area contributed by atoms with Crippen LogP contribution in [-0.2, 0) is 14.8 Å². The van der Waals surface area contributed by atoms with Crippen molar-refractivity contribution in [3.63, 3.8) is 0 Å². The number of carbonyl (C=O) groups is 1. The summed E-state index contributed by atoms with van der Waals surface area (Å²) in [7, 11) is -3.34. The number of carbonyl (C=O) groups excluding carboxylic acids is 1. The number of unbranched alkanes of at least 4 members (excludes halogenated alkanes) is 1. The first kappa shape index (κ1) is 16.5. The van der Waals surface area contributed by atoms with Crippen molar-refractivity contribution in [2.24, 2.45) is 5.73 Å². The summed E-state index contributed by atoms with van der Waals surface area (Å²) in [5.41, 5.74) is 6.67. The fourth-order valence-corrected chi connectivity index (χ4v) is 2.22. The maximum atomic E-state index is 11.8. The maximum Gasteiger partial charge on any atom is 0.241 e. The number of hydrogen-bond acceptors (Lipinski definition) is 4. The minimum Gasteiger partial charge on any atom is -0.325 e. The fraction of sp³-hybridized carbons (Fsp3) is 0.462. The lowest BCUT2D eigenvalue weighted by Gasteiger charge is -2.12. The third kappa shape index (κ3) is 6.03. The van der Waals surface area contributed by atoms with Gasteiger partial charge >= 0.3 is 0 Å². The normalized spacial score (nSPS) is 12.8. The number of anilines is 2. The van der Waals surface area contributed by atoms with Crippen LogP contribution in [0.15, 0.2) is 24.3 Å². The van der Waals surface area contributed by atoms with Crippen molar-refractivity contribution < 1.29 is 13.2 Å². The molecule has 0 spiro atoms. The van der Waals surface area contributed by atoms with Crippen molar-refractivity contribution >= 4 is 27.3 Å². The summed E-state index contributed by atoms with van der Waals surface area (Å²) in [6, 6.07) is 5.93. The zero-order valence-corrected chi connectivity index (χ0v) is 12.5. The molecule has 6 nitrogen and oxygen atoms in total. The van der Waals surface area contributed by atoms with Gasteiger partial charge in [-0.05, 0) is 24.6 Å². The van der Waals surface area contributed by atoms with E-state index in [0.29, 0.717) is 17.8 Å². The van der Waals surface area contributed by atoms with Gasteiger partial charge in [0.05, 0.1) is 18.0 Å². The first-order valence-corrected chi connectivity index (χ1v) is 8.35. The number of amides is 1. The van der Waals surface area contributed by atoms with E-state index >= 15 is 0 Å². The van der Waals surface area contributed by atoms with E-state index in [-0.39, 0.29) is 5.91 Å². The summed E-state index contributed by atoms with van der Waals surface area (Å²) in [5, 5.41) is 2.68. The van der Waals surface area contributed by atoms with E-state index < -0.39 is 16.1 Å². The van der Waals surface area contributed by atoms with E-state index in [1.54, 1.807) is 24.3 Å². The highest BCUT2D eigenvalue weighted by atomic mass is 32.2. The SMILES string of the molecule is CCCC[C@H](N)C(=O)Nc1cccc(NS(C)(=O)=O)c1. The second-order valence-corrected chi connectivity index (χ2v) is 6.44. The Hall–Kier alpha value is -1.60. The van der Waals surface area contributed by atoms with Gasteiger partial charge in [0.2, 0.25) is 15.9 Å². The van der Waals surface area contributed by atoms with Gasteiger partial charge in [0, 0.05) is 5.69 Å². The van der Waals surface area contributed by atoms with E-state index in [0.717, 1.165) is 19.1 Å². The number of sulfonamides is 1. The van der Waals surface area contributed by atoms with Crippen LogP contribution >= 0.6 is 0 Å². The third-order valence-corrected chi connectivity index (χ3v) is 3.25. The predicted octanol–water partition coefficient (Wildman–Crippen LogP) is 1.51. The van der Waals surface area contributed by atoms with Gasteiger partial charge in [-0.2, -0.15) is 0 Å². The second-order valence-electron chi connectivity index (χ2n) is 4.69. The van der Waals surface area contributed by atoms with Gasteiger partial charge in [-0.25, -0.2) is 8.42 Å². The van der Waals surface area contributed by atoms with Crippen LogP contribution in [0.4, 0.5) is 11.4 Å². The van der Waals surface area contributed by atoms with Crippen molar-refractivity contribution in [1.82, 2.24) is 0 Å². The Kier molecular flexibility index (Phi) is 5.97. The lowest BCUT2D eigenvalue weighted by atomic mass is 10.1. The molecule has 1 aromatic carbocycles. The number of hydrogen-bond donors (Lipinski definition) is 3. The van der Waals surface area contributed by atoms with Crippen LogP contribution in [0.1, 0.15) is 26.2 Å². The molecule has 0 radical (unpaired) electrons. The lowest BCUT2D eigenvalue weighted by Crippen LogP contribution is -2.35. The van der Waals surface area contributed by atoms with E-state index in [2.05, 4.69) is 10.0 Å². The molecule has 20 heavy (non-hydrogen) atoms. The molecular formula is C13H21N3O3S. The van der Waals surface area contributed by atoms with Crippen LogP contribution in [0.2, 0.25) is 0 Å². The molecule has 112 valence electrons. The monoisotopic (exact) mass is 299 g/mol. The van der Waals surface area contributed by atoms with Gasteiger partial charge in [0.15, 0.2) is 0 Å². The van der Waals surface area contributed by atoms with E-state index in [4.69, 9.17) is 5.73 Å².